The van der Waals surface area contributed by atoms with Gasteiger partial charge in [0.1, 0.15) is 5.76 Å². The number of hydrogen-bond donors (Lipinski definition) is 0. The lowest BCUT2D eigenvalue weighted by atomic mass is 10.00. The van der Waals surface area contributed by atoms with Gasteiger partial charge in [-0.2, -0.15) is 5.26 Å². The minimum atomic E-state index is 0.623. The minimum Gasteiger partial charge on any atom is -0.467 e. The molecule has 0 atom stereocenters. The number of aromatic nitrogens is 3. The van der Waals surface area contributed by atoms with E-state index in [-0.39, 0.29) is 0 Å². The van der Waals surface area contributed by atoms with Crippen LogP contribution < -0.4 is 4.90 Å². The predicted molar refractivity (Wildman–Crippen MR) is 125 cm³/mol. The van der Waals surface area contributed by atoms with Gasteiger partial charge in [-0.05, 0) is 47.7 Å². The molecule has 0 unspecified atom stereocenters. The van der Waals surface area contributed by atoms with E-state index in [1.807, 2.05) is 36.4 Å². The van der Waals surface area contributed by atoms with Crippen LogP contribution >= 0.6 is 11.8 Å². The first kappa shape index (κ1) is 20.4. The van der Waals surface area contributed by atoms with Gasteiger partial charge in [-0.15, -0.1) is 10.2 Å². The molecular formula is C25H23N5OS. The van der Waals surface area contributed by atoms with Crippen molar-refractivity contribution >= 4 is 17.7 Å². The maximum Gasteiger partial charge on any atom is 0.228 e. The average molecular weight is 442 g/mol. The molecule has 1 saturated heterocycles. The summed E-state index contributed by atoms with van der Waals surface area (Å²) in [4.78, 5) is 2.31. The van der Waals surface area contributed by atoms with Gasteiger partial charge in [0.05, 0.1) is 24.4 Å². The zero-order valence-electron chi connectivity index (χ0n) is 17.6. The van der Waals surface area contributed by atoms with Crippen molar-refractivity contribution in [2.24, 2.45) is 0 Å². The second-order valence-electron chi connectivity index (χ2n) is 7.79. The molecule has 5 rings (SSSR count). The van der Waals surface area contributed by atoms with Crippen molar-refractivity contribution in [2.45, 2.75) is 30.3 Å². The van der Waals surface area contributed by atoms with Crippen LogP contribution in [0.3, 0.4) is 0 Å². The first-order chi connectivity index (χ1) is 15.8. The molecular weight excluding hydrogens is 418 g/mol. The van der Waals surface area contributed by atoms with Crippen LogP contribution in [0.4, 0.5) is 5.95 Å². The number of hydrogen-bond acceptors (Lipinski definition) is 6. The number of furan rings is 1. The number of benzene rings is 2. The number of nitrogens with zero attached hydrogens (tertiary/aromatic N) is 5. The zero-order valence-corrected chi connectivity index (χ0v) is 18.5. The molecule has 0 radical (unpaired) electrons. The molecule has 4 aromatic rings. The predicted octanol–water partition coefficient (Wildman–Crippen LogP) is 5.35. The molecule has 32 heavy (non-hydrogen) atoms. The number of rotatable bonds is 7. The molecule has 1 fully saturated rings. The van der Waals surface area contributed by atoms with Crippen molar-refractivity contribution in [3.8, 4) is 17.2 Å². The quantitative estimate of drug-likeness (QED) is 0.360. The fourth-order valence-corrected chi connectivity index (χ4v) is 4.89. The Morgan fingerprint density at radius 3 is 2.53 bits per heavy atom. The topological polar surface area (TPSA) is 70.9 Å². The van der Waals surface area contributed by atoms with E-state index in [4.69, 9.17) is 4.42 Å². The molecule has 160 valence electrons. The van der Waals surface area contributed by atoms with Gasteiger partial charge in [0.2, 0.25) is 5.95 Å². The van der Waals surface area contributed by atoms with Crippen molar-refractivity contribution in [2.75, 3.05) is 18.0 Å². The summed E-state index contributed by atoms with van der Waals surface area (Å²) in [5, 5.41) is 19.3. The molecule has 0 amide bonds. The van der Waals surface area contributed by atoms with Crippen LogP contribution in [0.5, 0.6) is 0 Å². The summed E-state index contributed by atoms with van der Waals surface area (Å²) in [6.45, 7) is 2.66. The van der Waals surface area contributed by atoms with E-state index in [1.54, 1.807) is 18.0 Å². The van der Waals surface area contributed by atoms with Gasteiger partial charge in [0.15, 0.2) is 5.16 Å². The molecule has 0 bridgehead atoms. The highest BCUT2D eigenvalue weighted by molar-refractivity contribution is 7.98. The highest BCUT2D eigenvalue weighted by Crippen LogP contribution is 2.29. The monoisotopic (exact) mass is 441 g/mol. The highest BCUT2D eigenvalue weighted by atomic mass is 32.2. The number of nitriles is 1. The lowest BCUT2D eigenvalue weighted by molar-refractivity contribution is 0.483. The van der Waals surface area contributed by atoms with E-state index >= 15 is 0 Å². The van der Waals surface area contributed by atoms with Crippen molar-refractivity contribution < 1.29 is 4.42 Å². The molecule has 2 aromatic heterocycles. The standard InChI is InChI=1S/C25H23N5OS/c26-16-21-6-1-2-8-23(21)20-11-9-19(10-12-20)18-32-25-28-27-24(29-13-3-4-14-29)30(25)17-22-7-5-15-31-22/h1-2,5-12,15H,3-4,13-14,17-18H2. The molecule has 6 nitrogen and oxygen atoms in total. The number of thioether (sulfide) groups is 1. The largest absolute Gasteiger partial charge is 0.467 e. The maximum atomic E-state index is 9.36. The second kappa shape index (κ2) is 9.33. The van der Waals surface area contributed by atoms with Crippen LogP contribution in [0, 0.1) is 11.3 Å². The van der Waals surface area contributed by atoms with Crippen molar-refractivity contribution in [1.29, 1.82) is 5.26 Å². The Hall–Kier alpha value is -3.50. The molecule has 0 saturated carbocycles. The first-order valence-corrected chi connectivity index (χ1v) is 11.7. The number of anilines is 1. The van der Waals surface area contributed by atoms with Gasteiger partial charge in [0.25, 0.3) is 0 Å². The highest BCUT2D eigenvalue weighted by Gasteiger charge is 2.22. The van der Waals surface area contributed by atoms with Gasteiger partial charge >= 0.3 is 0 Å². The average Bonchev–Trinajstić information content (AvgIpc) is 3.61. The Kier molecular flexibility index (Phi) is 5.95. The molecule has 0 aliphatic carbocycles. The third kappa shape index (κ3) is 4.27. The van der Waals surface area contributed by atoms with E-state index in [9.17, 15) is 5.26 Å². The van der Waals surface area contributed by atoms with Gasteiger partial charge < -0.3 is 9.32 Å². The molecule has 1 aliphatic rings. The third-order valence-electron chi connectivity index (χ3n) is 5.66. The summed E-state index contributed by atoms with van der Waals surface area (Å²) in [6, 6.07) is 22.2. The lowest BCUT2D eigenvalue weighted by Crippen LogP contribution is -2.22. The van der Waals surface area contributed by atoms with E-state index in [0.29, 0.717) is 12.1 Å². The van der Waals surface area contributed by atoms with Gasteiger partial charge in [-0.1, -0.05) is 54.2 Å². The summed E-state index contributed by atoms with van der Waals surface area (Å²) in [5.74, 6) is 2.61. The van der Waals surface area contributed by atoms with E-state index in [1.165, 1.54) is 18.4 Å². The van der Waals surface area contributed by atoms with Crippen LogP contribution in [-0.2, 0) is 12.3 Å². The normalized spacial score (nSPS) is 13.4. The van der Waals surface area contributed by atoms with Gasteiger partial charge in [-0.3, -0.25) is 4.57 Å². The summed E-state index contributed by atoms with van der Waals surface area (Å²) in [7, 11) is 0. The summed E-state index contributed by atoms with van der Waals surface area (Å²) >= 11 is 1.68. The van der Waals surface area contributed by atoms with Crippen LogP contribution in [0.2, 0.25) is 0 Å². The third-order valence-corrected chi connectivity index (χ3v) is 6.70. The molecule has 1 aliphatic heterocycles. The van der Waals surface area contributed by atoms with Crippen LogP contribution in [-0.4, -0.2) is 27.9 Å². The molecule has 3 heterocycles. The Labute approximate surface area is 191 Å². The summed E-state index contributed by atoms with van der Waals surface area (Å²) in [5.41, 5.74) is 3.90. The van der Waals surface area contributed by atoms with Crippen molar-refractivity contribution in [3.63, 3.8) is 0 Å². The summed E-state index contributed by atoms with van der Waals surface area (Å²) in [6.07, 6.45) is 4.09. The molecule has 2 aromatic carbocycles. The van der Waals surface area contributed by atoms with Gasteiger partial charge in [-0.25, -0.2) is 0 Å². The van der Waals surface area contributed by atoms with Crippen molar-refractivity contribution in [1.82, 2.24) is 14.8 Å². The Bertz CT molecular complexity index is 1220. The van der Waals surface area contributed by atoms with Crippen LogP contribution in [0.1, 0.15) is 29.7 Å². The Morgan fingerprint density at radius 1 is 0.969 bits per heavy atom. The smallest absolute Gasteiger partial charge is 0.228 e. The van der Waals surface area contributed by atoms with Gasteiger partial charge in [0, 0.05) is 18.8 Å². The van der Waals surface area contributed by atoms with E-state index < -0.39 is 0 Å². The Balaban J connectivity index is 1.34. The molecule has 0 spiro atoms. The Morgan fingerprint density at radius 2 is 1.78 bits per heavy atom. The zero-order chi connectivity index (χ0) is 21.8. The lowest BCUT2D eigenvalue weighted by Gasteiger charge is -2.17. The first-order valence-electron chi connectivity index (χ1n) is 10.7. The van der Waals surface area contributed by atoms with Crippen molar-refractivity contribution in [3.05, 3.63) is 83.8 Å². The van der Waals surface area contributed by atoms with Crippen LogP contribution in [0.15, 0.2) is 76.5 Å². The molecule has 7 heteroatoms. The summed E-state index contributed by atoms with van der Waals surface area (Å²) < 4.78 is 7.75. The van der Waals surface area contributed by atoms with E-state index in [0.717, 1.165) is 46.8 Å². The molecule has 0 N–H and O–H groups in total. The SMILES string of the molecule is N#Cc1ccccc1-c1ccc(CSc2nnc(N3CCCC3)n2Cc2ccco2)cc1. The fourth-order valence-electron chi connectivity index (χ4n) is 4.00. The van der Waals surface area contributed by atoms with E-state index in [2.05, 4.69) is 50.0 Å². The fraction of sp³-hybridized carbons (Fsp3) is 0.240. The maximum absolute atomic E-state index is 9.36. The van der Waals surface area contributed by atoms with Crippen LogP contribution in [0.25, 0.3) is 11.1 Å². The minimum absolute atomic E-state index is 0.623. The second-order valence-corrected chi connectivity index (χ2v) is 8.73.